The van der Waals surface area contributed by atoms with Crippen LogP contribution in [0.3, 0.4) is 0 Å². The van der Waals surface area contributed by atoms with Crippen LogP contribution in [0.15, 0.2) is 21.3 Å². The first-order chi connectivity index (χ1) is 11.1. The summed E-state index contributed by atoms with van der Waals surface area (Å²) in [4.78, 5) is 23.6. The lowest BCUT2D eigenvalue weighted by molar-refractivity contribution is -0.909. The zero-order chi connectivity index (χ0) is 16.0. The number of thiophene rings is 1. The Morgan fingerprint density at radius 1 is 1.35 bits per heavy atom. The second-order valence-electron chi connectivity index (χ2n) is 6.37. The van der Waals surface area contributed by atoms with E-state index in [2.05, 4.69) is 12.0 Å². The number of aromatic nitrogens is 2. The Bertz CT molecular complexity index is 922. The molecule has 0 aromatic carbocycles. The van der Waals surface area contributed by atoms with Crippen molar-refractivity contribution in [3.05, 3.63) is 50.3 Å². The lowest BCUT2D eigenvalue weighted by Gasteiger charge is -2.11. The van der Waals surface area contributed by atoms with Crippen LogP contribution < -0.4 is 10.5 Å². The predicted molar refractivity (Wildman–Crippen MR) is 90.0 cm³/mol. The lowest BCUT2D eigenvalue weighted by Crippen LogP contribution is -3.06. The molecule has 0 spiro atoms. The van der Waals surface area contributed by atoms with Crippen molar-refractivity contribution >= 4 is 21.6 Å². The van der Waals surface area contributed by atoms with Crippen LogP contribution >= 0.6 is 11.3 Å². The Balaban J connectivity index is 1.58. The zero-order valence-corrected chi connectivity index (χ0v) is 14.2. The summed E-state index contributed by atoms with van der Waals surface area (Å²) in [6.45, 7) is 3.39. The summed E-state index contributed by atoms with van der Waals surface area (Å²) in [7, 11) is 2.08. The summed E-state index contributed by atoms with van der Waals surface area (Å²) in [6.07, 6.45) is 3.27. The number of rotatable bonds is 4. The van der Waals surface area contributed by atoms with E-state index in [9.17, 15) is 4.79 Å². The van der Waals surface area contributed by atoms with Crippen molar-refractivity contribution in [2.24, 2.45) is 0 Å². The highest BCUT2D eigenvalue weighted by Gasteiger charge is 2.21. The molecule has 1 unspecified atom stereocenters. The largest absolute Gasteiger partial charge is 0.460 e. The predicted octanol–water partition coefficient (Wildman–Crippen LogP) is 1.59. The molecule has 0 fully saturated rings. The third kappa shape index (κ3) is 2.72. The Labute approximate surface area is 138 Å². The Kier molecular flexibility index (Phi) is 3.58. The molecule has 3 aromatic heterocycles. The summed E-state index contributed by atoms with van der Waals surface area (Å²) in [5, 5.41) is 0.825. The molecule has 1 aliphatic carbocycles. The van der Waals surface area contributed by atoms with E-state index < -0.39 is 0 Å². The topological polar surface area (TPSA) is 63.3 Å². The molecule has 6 heteroatoms. The molecule has 23 heavy (non-hydrogen) atoms. The number of fused-ring (bicyclic) bond motifs is 3. The number of H-pyrrole nitrogens is 1. The van der Waals surface area contributed by atoms with Gasteiger partial charge in [0.15, 0.2) is 11.6 Å². The summed E-state index contributed by atoms with van der Waals surface area (Å²) in [5.41, 5.74) is 1.25. The summed E-state index contributed by atoms with van der Waals surface area (Å²) in [5.74, 6) is 2.63. The Morgan fingerprint density at radius 3 is 3.00 bits per heavy atom. The van der Waals surface area contributed by atoms with Gasteiger partial charge in [0.1, 0.15) is 23.7 Å². The van der Waals surface area contributed by atoms with Gasteiger partial charge in [0.05, 0.1) is 12.4 Å². The minimum atomic E-state index is 0.0195. The van der Waals surface area contributed by atoms with E-state index in [-0.39, 0.29) is 5.56 Å². The minimum absolute atomic E-state index is 0.0195. The van der Waals surface area contributed by atoms with Crippen LogP contribution in [0.1, 0.15) is 34.2 Å². The average Bonchev–Trinajstić information content (AvgIpc) is 3.14. The first-order valence-corrected chi connectivity index (χ1v) is 8.82. The van der Waals surface area contributed by atoms with Gasteiger partial charge in [-0.1, -0.05) is 0 Å². The van der Waals surface area contributed by atoms with Crippen molar-refractivity contribution in [1.82, 2.24) is 9.97 Å². The molecule has 0 amide bonds. The number of furan rings is 1. The van der Waals surface area contributed by atoms with E-state index in [1.54, 1.807) is 11.3 Å². The molecular formula is C17H20N3O2S+. The van der Waals surface area contributed by atoms with Gasteiger partial charge in [-0.25, -0.2) is 4.98 Å². The maximum absolute atomic E-state index is 12.4. The fraction of sp³-hybridized carbons (Fsp3) is 0.412. The van der Waals surface area contributed by atoms with Gasteiger partial charge in [-0.3, -0.25) is 4.79 Å². The van der Waals surface area contributed by atoms with Crippen molar-refractivity contribution in [3.8, 4) is 0 Å². The fourth-order valence-corrected chi connectivity index (χ4v) is 4.64. The second kappa shape index (κ2) is 5.62. The number of aromatic amines is 1. The maximum Gasteiger partial charge on any atom is 0.260 e. The standard InChI is InChI=1S/C17H19N3O2S/c1-10-6-7-11(22-10)8-20(2)9-14-18-16(21)15-12-4-3-5-13(12)23-17(15)19-14/h6-7H,3-5,8-9H2,1-2H3,(H,18,19,21)/p+1. The average molecular weight is 330 g/mol. The van der Waals surface area contributed by atoms with Gasteiger partial charge in [-0.2, -0.15) is 0 Å². The maximum atomic E-state index is 12.4. The van der Waals surface area contributed by atoms with Gasteiger partial charge in [-0.05, 0) is 43.9 Å². The molecular weight excluding hydrogens is 310 g/mol. The molecule has 0 saturated carbocycles. The molecule has 120 valence electrons. The van der Waals surface area contributed by atoms with Gasteiger partial charge in [-0.15, -0.1) is 11.3 Å². The molecule has 1 aliphatic rings. The van der Waals surface area contributed by atoms with E-state index in [0.29, 0.717) is 6.54 Å². The minimum Gasteiger partial charge on any atom is -0.460 e. The number of hydrogen-bond acceptors (Lipinski definition) is 4. The van der Waals surface area contributed by atoms with Gasteiger partial charge in [0.2, 0.25) is 0 Å². The molecule has 2 N–H and O–H groups in total. The molecule has 1 atom stereocenters. The molecule has 3 heterocycles. The van der Waals surface area contributed by atoms with E-state index in [0.717, 1.165) is 53.4 Å². The SMILES string of the molecule is Cc1ccc(C[NH+](C)Cc2nc3sc4c(c3c(=O)[nH]2)CCC4)o1. The molecule has 5 nitrogen and oxygen atoms in total. The van der Waals surface area contributed by atoms with E-state index in [1.165, 1.54) is 15.3 Å². The third-order valence-corrected chi connectivity index (χ3v) is 5.55. The molecule has 0 radical (unpaired) electrons. The van der Waals surface area contributed by atoms with Gasteiger partial charge >= 0.3 is 0 Å². The summed E-state index contributed by atoms with van der Waals surface area (Å²) < 4.78 is 5.62. The Hall–Kier alpha value is -1.92. The normalized spacial score (nSPS) is 15.2. The quantitative estimate of drug-likeness (QED) is 0.764. The fourth-order valence-electron chi connectivity index (χ4n) is 3.36. The highest BCUT2D eigenvalue weighted by molar-refractivity contribution is 7.18. The lowest BCUT2D eigenvalue weighted by atomic mass is 10.2. The highest BCUT2D eigenvalue weighted by Crippen LogP contribution is 2.34. The zero-order valence-electron chi connectivity index (χ0n) is 13.4. The van der Waals surface area contributed by atoms with Crippen molar-refractivity contribution in [3.63, 3.8) is 0 Å². The van der Waals surface area contributed by atoms with Gasteiger partial charge < -0.3 is 14.3 Å². The van der Waals surface area contributed by atoms with Crippen LogP contribution in [0.4, 0.5) is 0 Å². The number of nitrogens with zero attached hydrogens (tertiary/aromatic N) is 1. The molecule has 4 rings (SSSR count). The highest BCUT2D eigenvalue weighted by atomic mass is 32.1. The summed E-state index contributed by atoms with van der Waals surface area (Å²) in [6, 6.07) is 3.98. The monoisotopic (exact) mass is 330 g/mol. The van der Waals surface area contributed by atoms with Crippen LogP contribution in [-0.2, 0) is 25.9 Å². The van der Waals surface area contributed by atoms with Crippen molar-refractivity contribution < 1.29 is 9.32 Å². The smallest absolute Gasteiger partial charge is 0.260 e. The molecule has 0 aliphatic heterocycles. The van der Waals surface area contributed by atoms with Crippen LogP contribution in [-0.4, -0.2) is 17.0 Å². The number of hydrogen-bond donors (Lipinski definition) is 2. The van der Waals surface area contributed by atoms with Crippen molar-refractivity contribution in [2.45, 2.75) is 39.3 Å². The second-order valence-corrected chi connectivity index (χ2v) is 7.46. The van der Waals surface area contributed by atoms with Crippen LogP contribution in [0.2, 0.25) is 0 Å². The first-order valence-electron chi connectivity index (χ1n) is 8.00. The van der Waals surface area contributed by atoms with Crippen LogP contribution in [0.5, 0.6) is 0 Å². The Morgan fingerprint density at radius 2 is 2.22 bits per heavy atom. The molecule has 3 aromatic rings. The third-order valence-electron chi connectivity index (χ3n) is 4.37. The van der Waals surface area contributed by atoms with Crippen molar-refractivity contribution in [2.75, 3.05) is 7.05 Å². The van der Waals surface area contributed by atoms with Crippen LogP contribution in [0, 0.1) is 6.92 Å². The van der Waals surface area contributed by atoms with Gasteiger partial charge in [0.25, 0.3) is 5.56 Å². The van der Waals surface area contributed by atoms with E-state index in [4.69, 9.17) is 9.40 Å². The van der Waals surface area contributed by atoms with Gasteiger partial charge in [0, 0.05) is 4.88 Å². The van der Waals surface area contributed by atoms with E-state index >= 15 is 0 Å². The summed E-state index contributed by atoms with van der Waals surface area (Å²) >= 11 is 1.69. The van der Waals surface area contributed by atoms with E-state index in [1.807, 2.05) is 19.1 Å². The number of aryl methyl sites for hydroxylation is 3. The first kappa shape index (κ1) is 14.7. The molecule has 0 bridgehead atoms. The number of quaternary nitrogens is 1. The van der Waals surface area contributed by atoms with Crippen LogP contribution in [0.25, 0.3) is 10.2 Å². The number of nitrogens with one attached hydrogen (secondary N) is 2. The van der Waals surface area contributed by atoms with Crippen molar-refractivity contribution in [1.29, 1.82) is 0 Å². The molecule has 0 saturated heterocycles.